The largest absolute Gasteiger partial charge is 0.481 e. The maximum atomic E-state index is 12.6. The van der Waals surface area contributed by atoms with Gasteiger partial charge in [0.1, 0.15) is 0 Å². The summed E-state index contributed by atoms with van der Waals surface area (Å²) < 4.78 is 0. The van der Waals surface area contributed by atoms with Crippen LogP contribution in [0, 0.1) is 0 Å². The summed E-state index contributed by atoms with van der Waals surface area (Å²) in [5, 5.41) is 18.5. The Bertz CT molecular complexity index is 492. The first kappa shape index (κ1) is 15.3. The average Bonchev–Trinajstić information content (AvgIpc) is 2.48. The van der Waals surface area contributed by atoms with Crippen molar-refractivity contribution in [2.24, 2.45) is 0 Å². The van der Waals surface area contributed by atoms with E-state index in [0.717, 1.165) is 6.42 Å². The predicted molar refractivity (Wildman–Crippen MR) is 78.3 cm³/mol. The molecule has 0 aromatic heterocycles. The Labute approximate surface area is 123 Å². The molecule has 1 unspecified atom stereocenters. The third-order valence-electron chi connectivity index (χ3n) is 3.52. The Morgan fingerprint density at radius 3 is 2.62 bits per heavy atom. The Balaban J connectivity index is 2.14. The van der Waals surface area contributed by atoms with Gasteiger partial charge in [-0.15, -0.1) is 0 Å². The van der Waals surface area contributed by atoms with Crippen molar-refractivity contribution in [2.75, 3.05) is 24.5 Å². The molecule has 0 radical (unpaired) electrons. The summed E-state index contributed by atoms with van der Waals surface area (Å²) in [7, 11) is 0. The molecule has 1 fully saturated rings. The molecule has 1 aliphatic rings. The van der Waals surface area contributed by atoms with Gasteiger partial charge in [-0.3, -0.25) is 9.69 Å². The van der Waals surface area contributed by atoms with Crippen molar-refractivity contribution >= 4 is 17.7 Å². The molecule has 2 N–H and O–H groups in total. The van der Waals surface area contributed by atoms with E-state index in [2.05, 4.69) is 0 Å². The highest BCUT2D eigenvalue weighted by Gasteiger charge is 2.27. The molecule has 0 bridgehead atoms. The number of urea groups is 1. The van der Waals surface area contributed by atoms with Gasteiger partial charge in [0.2, 0.25) is 0 Å². The van der Waals surface area contributed by atoms with Gasteiger partial charge in [0.25, 0.3) is 0 Å². The van der Waals surface area contributed by atoms with E-state index in [1.807, 2.05) is 6.07 Å². The van der Waals surface area contributed by atoms with Crippen LogP contribution in [0.2, 0.25) is 0 Å². The van der Waals surface area contributed by atoms with Crippen LogP contribution in [0.3, 0.4) is 0 Å². The van der Waals surface area contributed by atoms with E-state index in [0.29, 0.717) is 25.2 Å². The first-order valence-corrected chi connectivity index (χ1v) is 7.09. The summed E-state index contributed by atoms with van der Waals surface area (Å²) in [6.45, 7) is 1.01. The van der Waals surface area contributed by atoms with Crippen LogP contribution in [0.5, 0.6) is 0 Å². The number of anilines is 1. The number of nitrogens with zero attached hydrogens (tertiary/aromatic N) is 2. The normalized spacial score (nSPS) is 18.3. The minimum absolute atomic E-state index is 0.114. The molecule has 21 heavy (non-hydrogen) atoms. The summed E-state index contributed by atoms with van der Waals surface area (Å²) in [5.74, 6) is -0.942. The Morgan fingerprint density at radius 1 is 1.29 bits per heavy atom. The number of carboxylic acids is 1. The molecule has 1 aromatic rings. The number of benzene rings is 1. The van der Waals surface area contributed by atoms with E-state index < -0.39 is 12.1 Å². The van der Waals surface area contributed by atoms with E-state index >= 15 is 0 Å². The van der Waals surface area contributed by atoms with Crippen molar-refractivity contribution in [1.82, 2.24) is 4.90 Å². The first-order valence-electron chi connectivity index (χ1n) is 7.09. The fourth-order valence-corrected chi connectivity index (χ4v) is 2.45. The Hall–Kier alpha value is -2.08. The molecular weight excluding hydrogens is 272 g/mol. The van der Waals surface area contributed by atoms with Crippen LogP contribution in [-0.2, 0) is 4.79 Å². The monoisotopic (exact) mass is 292 g/mol. The molecule has 2 amide bonds. The molecule has 1 saturated heterocycles. The number of hydrogen-bond acceptors (Lipinski definition) is 3. The second-order valence-corrected chi connectivity index (χ2v) is 5.16. The lowest BCUT2D eigenvalue weighted by Gasteiger charge is -2.34. The number of amides is 2. The summed E-state index contributed by atoms with van der Waals surface area (Å²) in [6, 6.07) is 8.76. The number of carbonyl (C=O) groups is 2. The second-order valence-electron chi connectivity index (χ2n) is 5.16. The summed E-state index contributed by atoms with van der Waals surface area (Å²) in [5.41, 5.74) is 0.670. The lowest BCUT2D eigenvalue weighted by molar-refractivity contribution is -0.136. The molecule has 1 aliphatic heterocycles. The van der Waals surface area contributed by atoms with E-state index in [-0.39, 0.29) is 19.0 Å². The van der Waals surface area contributed by atoms with Gasteiger partial charge >= 0.3 is 12.0 Å². The van der Waals surface area contributed by atoms with Gasteiger partial charge < -0.3 is 15.1 Å². The lowest BCUT2D eigenvalue weighted by Crippen LogP contribution is -2.49. The minimum Gasteiger partial charge on any atom is -0.481 e. The fourth-order valence-electron chi connectivity index (χ4n) is 2.45. The number of para-hydroxylation sites is 1. The number of β-amino-alcohol motifs (C(OH)–C–C–N with tert-alkyl or cyclic N) is 1. The first-order chi connectivity index (χ1) is 10.1. The fraction of sp³-hybridized carbons (Fsp3) is 0.467. The van der Waals surface area contributed by atoms with E-state index in [1.54, 1.807) is 29.2 Å². The van der Waals surface area contributed by atoms with Crippen LogP contribution in [0.15, 0.2) is 30.3 Å². The highest BCUT2D eigenvalue weighted by Crippen LogP contribution is 2.19. The van der Waals surface area contributed by atoms with Crippen LogP contribution in [-0.4, -0.2) is 52.9 Å². The van der Waals surface area contributed by atoms with Crippen molar-refractivity contribution in [3.05, 3.63) is 30.3 Å². The molecule has 1 heterocycles. The van der Waals surface area contributed by atoms with Crippen molar-refractivity contribution in [3.63, 3.8) is 0 Å². The van der Waals surface area contributed by atoms with Crippen LogP contribution in [0.25, 0.3) is 0 Å². The Kier molecular flexibility index (Phi) is 5.16. The second kappa shape index (κ2) is 7.08. The number of piperidine rings is 1. The van der Waals surface area contributed by atoms with Crippen molar-refractivity contribution in [1.29, 1.82) is 0 Å². The average molecular weight is 292 g/mol. The smallest absolute Gasteiger partial charge is 0.324 e. The predicted octanol–water partition coefficient (Wildman–Crippen LogP) is 1.54. The molecule has 114 valence electrons. The van der Waals surface area contributed by atoms with Gasteiger partial charge in [-0.1, -0.05) is 18.2 Å². The maximum absolute atomic E-state index is 12.6. The van der Waals surface area contributed by atoms with Crippen LogP contribution >= 0.6 is 0 Å². The molecule has 1 atom stereocenters. The maximum Gasteiger partial charge on any atom is 0.324 e. The van der Waals surface area contributed by atoms with Crippen molar-refractivity contribution < 1.29 is 19.8 Å². The van der Waals surface area contributed by atoms with Crippen molar-refractivity contribution in [3.8, 4) is 0 Å². The molecule has 6 nitrogen and oxygen atoms in total. The molecule has 6 heteroatoms. The number of aliphatic carboxylic acids is 1. The number of likely N-dealkylation sites (tertiary alicyclic amines) is 1. The van der Waals surface area contributed by atoms with Crippen LogP contribution < -0.4 is 4.90 Å². The zero-order valence-corrected chi connectivity index (χ0v) is 11.8. The highest BCUT2D eigenvalue weighted by atomic mass is 16.4. The van der Waals surface area contributed by atoms with E-state index in [1.165, 1.54) is 4.90 Å². The van der Waals surface area contributed by atoms with Gasteiger partial charge in [0.15, 0.2) is 0 Å². The quantitative estimate of drug-likeness (QED) is 0.882. The number of rotatable bonds is 4. The third kappa shape index (κ3) is 4.19. The Morgan fingerprint density at radius 2 is 2.00 bits per heavy atom. The summed E-state index contributed by atoms with van der Waals surface area (Å²) >= 11 is 0. The van der Waals surface area contributed by atoms with Gasteiger partial charge in [0, 0.05) is 25.3 Å². The third-order valence-corrected chi connectivity index (χ3v) is 3.52. The summed E-state index contributed by atoms with van der Waals surface area (Å²) in [4.78, 5) is 26.4. The van der Waals surface area contributed by atoms with E-state index in [9.17, 15) is 14.7 Å². The minimum atomic E-state index is -0.942. The van der Waals surface area contributed by atoms with Crippen molar-refractivity contribution in [2.45, 2.75) is 25.4 Å². The number of aliphatic hydroxyl groups excluding tert-OH is 1. The zero-order chi connectivity index (χ0) is 15.2. The molecule has 0 aliphatic carbocycles. The molecule has 2 rings (SSSR count). The molecule has 0 saturated carbocycles. The highest BCUT2D eigenvalue weighted by molar-refractivity contribution is 5.92. The van der Waals surface area contributed by atoms with Gasteiger partial charge in [-0.2, -0.15) is 0 Å². The zero-order valence-electron chi connectivity index (χ0n) is 11.8. The topological polar surface area (TPSA) is 81.1 Å². The molecule has 0 spiro atoms. The number of carboxylic acid groups (broad SMARTS) is 1. The van der Waals surface area contributed by atoms with Gasteiger partial charge in [0.05, 0.1) is 12.5 Å². The van der Waals surface area contributed by atoms with Crippen LogP contribution in [0.4, 0.5) is 10.5 Å². The SMILES string of the molecule is O=C(O)CCN(C(=O)N1CCCC(O)C1)c1ccccc1. The number of aliphatic hydroxyl groups is 1. The summed E-state index contributed by atoms with van der Waals surface area (Å²) in [6.07, 6.45) is 0.843. The number of hydrogen-bond donors (Lipinski definition) is 2. The number of carbonyl (C=O) groups excluding carboxylic acids is 1. The standard InChI is InChI=1S/C15H20N2O4/c18-13-7-4-9-16(11-13)15(21)17(10-8-14(19)20)12-5-2-1-3-6-12/h1-3,5-6,13,18H,4,7-11H2,(H,19,20). The van der Waals surface area contributed by atoms with E-state index in [4.69, 9.17) is 5.11 Å². The molecule has 1 aromatic carbocycles. The van der Waals surface area contributed by atoms with Gasteiger partial charge in [-0.05, 0) is 25.0 Å². The van der Waals surface area contributed by atoms with Gasteiger partial charge in [-0.25, -0.2) is 4.79 Å². The lowest BCUT2D eigenvalue weighted by atomic mass is 10.1. The van der Waals surface area contributed by atoms with Crippen LogP contribution in [0.1, 0.15) is 19.3 Å². The molecular formula is C15H20N2O4.